The van der Waals surface area contributed by atoms with E-state index < -0.39 is 0 Å². The van der Waals surface area contributed by atoms with Crippen LogP contribution in [0.3, 0.4) is 0 Å². The number of rotatable bonds is 11. The molecule has 3 rings (SSSR count). The van der Waals surface area contributed by atoms with Crippen molar-refractivity contribution in [2.45, 2.75) is 6.92 Å². The average Bonchev–Trinajstić information content (AvgIpc) is 3.03. The molecule has 0 N–H and O–H groups in total. The Balaban J connectivity index is 1.36. The Morgan fingerprint density at radius 1 is 0.968 bits per heavy atom. The van der Waals surface area contributed by atoms with Crippen LogP contribution >= 0.6 is 24.0 Å². The van der Waals surface area contributed by atoms with Gasteiger partial charge in [-0.3, -0.25) is 9.69 Å². The fourth-order valence-electron chi connectivity index (χ4n) is 2.77. The number of aryl methyl sites for hydroxylation is 1. The van der Waals surface area contributed by atoms with Crippen molar-refractivity contribution in [1.82, 2.24) is 4.90 Å². The number of thioether (sulfide) groups is 1. The van der Waals surface area contributed by atoms with Crippen molar-refractivity contribution in [3.05, 3.63) is 77.2 Å². The molecule has 2 aromatic rings. The van der Waals surface area contributed by atoms with Crippen LogP contribution in [0.25, 0.3) is 6.08 Å². The molecule has 2 aromatic carbocycles. The molecular formula is C24H25NO4S2. The number of carbonyl (C=O) groups is 1. The number of ether oxygens (including phenoxy) is 3. The first-order valence-corrected chi connectivity index (χ1v) is 11.2. The van der Waals surface area contributed by atoms with Gasteiger partial charge in [-0.1, -0.05) is 59.9 Å². The summed E-state index contributed by atoms with van der Waals surface area (Å²) < 4.78 is 17.4. The Hall–Kier alpha value is -2.61. The van der Waals surface area contributed by atoms with Gasteiger partial charge in [0.15, 0.2) is 0 Å². The molecule has 1 saturated heterocycles. The summed E-state index contributed by atoms with van der Waals surface area (Å²) in [5, 5.41) is 0. The van der Waals surface area contributed by atoms with Crippen LogP contribution in [0.2, 0.25) is 0 Å². The van der Waals surface area contributed by atoms with E-state index in [1.807, 2.05) is 61.5 Å². The first-order valence-electron chi connectivity index (χ1n) is 9.93. The standard InChI is InChI=1S/C24H25NO4S2/c1-3-12-25-23(26)22(31-24(25)30)17-19-6-10-21(11-7-19)29-16-14-27-13-15-28-20-8-4-18(2)5-9-20/h3-11,17H,1,12-16H2,2H3. The van der Waals surface area contributed by atoms with Gasteiger partial charge in [0, 0.05) is 6.54 Å². The summed E-state index contributed by atoms with van der Waals surface area (Å²) in [5.41, 5.74) is 2.12. The summed E-state index contributed by atoms with van der Waals surface area (Å²) in [5.74, 6) is 1.50. The maximum atomic E-state index is 12.4. The molecule has 0 aromatic heterocycles. The van der Waals surface area contributed by atoms with Crippen molar-refractivity contribution < 1.29 is 19.0 Å². The smallest absolute Gasteiger partial charge is 0.266 e. The lowest BCUT2D eigenvalue weighted by Crippen LogP contribution is -2.27. The lowest BCUT2D eigenvalue weighted by atomic mass is 10.2. The maximum Gasteiger partial charge on any atom is 0.266 e. The molecule has 162 valence electrons. The molecule has 1 fully saturated rings. The Morgan fingerprint density at radius 3 is 2.13 bits per heavy atom. The molecule has 5 nitrogen and oxygen atoms in total. The minimum atomic E-state index is -0.0845. The highest BCUT2D eigenvalue weighted by Crippen LogP contribution is 2.32. The largest absolute Gasteiger partial charge is 0.491 e. The molecule has 1 aliphatic rings. The van der Waals surface area contributed by atoms with E-state index in [2.05, 4.69) is 6.58 Å². The highest BCUT2D eigenvalue weighted by molar-refractivity contribution is 8.26. The molecule has 0 atom stereocenters. The van der Waals surface area contributed by atoms with E-state index in [0.29, 0.717) is 42.2 Å². The van der Waals surface area contributed by atoms with Crippen molar-refractivity contribution in [1.29, 1.82) is 0 Å². The van der Waals surface area contributed by atoms with Crippen molar-refractivity contribution in [2.75, 3.05) is 33.0 Å². The van der Waals surface area contributed by atoms with Gasteiger partial charge in [0.05, 0.1) is 18.1 Å². The number of hydrogen-bond donors (Lipinski definition) is 0. The van der Waals surface area contributed by atoms with Crippen molar-refractivity contribution >= 4 is 40.3 Å². The predicted molar refractivity (Wildman–Crippen MR) is 130 cm³/mol. The zero-order chi connectivity index (χ0) is 22.1. The third kappa shape index (κ3) is 6.95. The summed E-state index contributed by atoms with van der Waals surface area (Å²) in [7, 11) is 0. The maximum absolute atomic E-state index is 12.4. The molecule has 1 heterocycles. The van der Waals surface area contributed by atoms with Crippen molar-refractivity contribution in [3.63, 3.8) is 0 Å². The minimum Gasteiger partial charge on any atom is -0.491 e. The van der Waals surface area contributed by atoms with Crippen LogP contribution in [0.1, 0.15) is 11.1 Å². The van der Waals surface area contributed by atoms with E-state index in [9.17, 15) is 4.79 Å². The zero-order valence-corrected chi connectivity index (χ0v) is 19.0. The van der Waals surface area contributed by atoms with E-state index >= 15 is 0 Å². The second kappa shape index (κ2) is 11.7. The first kappa shape index (κ1) is 23.1. The zero-order valence-electron chi connectivity index (χ0n) is 17.4. The molecule has 0 bridgehead atoms. The van der Waals surface area contributed by atoms with Crippen molar-refractivity contribution in [3.8, 4) is 11.5 Å². The van der Waals surface area contributed by atoms with Crippen LogP contribution in [-0.2, 0) is 9.53 Å². The number of thiocarbonyl (C=S) groups is 1. The monoisotopic (exact) mass is 455 g/mol. The molecule has 7 heteroatoms. The van der Waals surface area contributed by atoms with Crippen LogP contribution in [0, 0.1) is 6.92 Å². The quantitative estimate of drug-likeness (QED) is 0.209. The molecular weight excluding hydrogens is 430 g/mol. The summed E-state index contributed by atoms with van der Waals surface area (Å²) in [6.07, 6.45) is 3.50. The lowest BCUT2D eigenvalue weighted by molar-refractivity contribution is -0.121. The Labute approximate surface area is 192 Å². The van der Waals surface area contributed by atoms with Crippen LogP contribution in [0.5, 0.6) is 11.5 Å². The predicted octanol–water partition coefficient (Wildman–Crippen LogP) is 4.86. The molecule has 0 radical (unpaired) electrons. The number of nitrogens with zero attached hydrogens (tertiary/aromatic N) is 1. The fraction of sp³-hybridized carbons (Fsp3) is 0.250. The molecule has 0 unspecified atom stereocenters. The van der Waals surface area contributed by atoms with Gasteiger partial charge in [-0.2, -0.15) is 0 Å². The topological polar surface area (TPSA) is 48.0 Å². The van der Waals surface area contributed by atoms with Gasteiger partial charge < -0.3 is 14.2 Å². The van der Waals surface area contributed by atoms with Gasteiger partial charge >= 0.3 is 0 Å². The van der Waals surface area contributed by atoms with Gasteiger partial charge in [-0.05, 0) is 42.8 Å². The van der Waals surface area contributed by atoms with E-state index in [-0.39, 0.29) is 5.91 Å². The molecule has 1 aliphatic heterocycles. The Kier molecular flexibility index (Phi) is 8.70. The molecule has 0 saturated carbocycles. The molecule has 0 spiro atoms. The fourth-order valence-corrected chi connectivity index (χ4v) is 4.05. The SMILES string of the molecule is C=CCN1C(=O)C(=Cc2ccc(OCCOCCOc3ccc(C)cc3)cc2)SC1=S. The van der Waals surface area contributed by atoms with Gasteiger partial charge in [-0.15, -0.1) is 6.58 Å². The minimum absolute atomic E-state index is 0.0845. The van der Waals surface area contributed by atoms with Gasteiger partial charge in [0.25, 0.3) is 5.91 Å². The first-order chi connectivity index (χ1) is 15.1. The van der Waals surface area contributed by atoms with Crippen LogP contribution in [0.15, 0.2) is 66.1 Å². The third-order valence-electron chi connectivity index (χ3n) is 4.38. The summed E-state index contributed by atoms with van der Waals surface area (Å²) in [6.45, 7) is 8.05. The highest BCUT2D eigenvalue weighted by atomic mass is 32.2. The van der Waals surface area contributed by atoms with Crippen LogP contribution in [-0.4, -0.2) is 48.1 Å². The number of hydrogen-bond acceptors (Lipinski definition) is 6. The third-order valence-corrected chi connectivity index (χ3v) is 5.75. The normalized spacial score (nSPS) is 14.9. The average molecular weight is 456 g/mol. The summed E-state index contributed by atoms with van der Waals surface area (Å²) in [4.78, 5) is 14.5. The lowest BCUT2D eigenvalue weighted by Gasteiger charge is -2.10. The van der Waals surface area contributed by atoms with Crippen LogP contribution < -0.4 is 9.47 Å². The molecule has 31 heavy (non-hydrogen) atoms. The second-order valence-electron chi connectivity index (χ2n) is 6.77. The van der Waals surface area contributed by atoms with Crippen LogP contribution in [0.4, 0.5) is 0 Å². The van der Waals surface area contributed by atoms with E-state index in [0.717, 1.165) is 17.1 Å². The Morgan fingerprint density at radius 2 is 1.55 bits per heavy atom. The van der Waals surface area contributed by atoms with E-state index in [4.69, 9.17) is 26.4 Å². The van der Waals surface area contributed by atoms with Crippen molar-refractivity contribution in [2.24, 2.45) is 0 Å². The second-order valence-corrected chi connectivity index (χ2v) is 8.45. The van der Waals surface area contributed by atoms with E-state index in [1.165, 1.54) is 17.3 Å². The highest BCUT2D eigenvalue weighted by Gasteiger charge is 2.30. The van der Waals surface area contributed by atoms with Gasteiger partial charge in [0.1, 0.15) is 29.0 Å². The molecule has 1 amide bonds. The Bertz CT molecular complexity index is 939. The molecule has 0 aliphatic carbocycles. The number of carbonyl (C=O) groups excluding carboxylic acids is 1. The summed E-state index contributed by atoms with van der Waals surface area (Å²) >= 11 is 6.56. The van der Waals surface area contributed by atoms with E-state index in [1.54, 1.807) is 11.0 Å². The van der Waals surface area contributed by atoms with Gasteiger partial charge in [0.2, 0.25) is 0 Å². The number of benzene rings is 2. The number of amides is 1. The summed E-state index contributed by atoms with van der Waals surface area (Å²) in [6, 6.07) is 15.5. The van der Waals surface area contributed by atoms with Gasteiger partial charge in [-0.25, -0.2) is 0 Å².